The van der Waals surface area contributed by atoms with Gasteiger partial charge in [-0.15, -0.1) is 0 Å². The molecule has 0 aromatic carbocycles. The number of methoxy groups -OCH3 is 1. The Morgan fingerprint density at radius 3 is 2.60 bits per heavy atom. The molecule has 1 atom stereocenters. The Kier molecular flexibility index (Phi) is 3.17. The predicted molar refractivity (Wildman–Crippen MR) is 54.1 cm³/mol. The molecule has 1 aliphatic heterocycles. The SMILES string of the molecule is COC(=O)C(C)CC1=CC(C)(C)OC1=O. The third kappa shape index (κ3) is 2.81. The van der Waals surface area contributed by atoms with Gasteiger partial charge in [-0.1, -0.05) is 6.92 Å². The zero-order chi connectivity index (χ0) is 11.6. The van der Waals surface area contributed by atoms with Crippen molar-refractivity contribution in [3.05, 3.63) is 11.6 Å². The molecule has 0 saturated carbocycles. The lowest BCUT2D eigenvalue weighted by Gasteiger charge is -2.12. The van der Waals surface area contributed by atoms with Gasteiger partial charge in [0.25, 0.3) is 0 Å². The van der Waals surface area contributed by atoms with Crippen molar-refractivity contribution in [2.45, 2.75) is 32.8 Å². The summed E-state index contributed by atoms with van der Waals surface area (Å²) in [5.74, 6) is -0.966. The number of hydrogen-bond donors (Lipinski definition) is 0. The summed E-state index contributed by atoms with van der Waals surface area (Å²) >= 11 is 0. The van der Waals surface area contributed by atoms with Crippen LogP contribution in [0.3, 0.4) is 0 Å². The average molecular weight is 212 g/mol. The van der Waals surface area contributed by atoms with E-state index < -0.39 is 5.60 Å². The van der Waals surface area contributed by atoms with Gasteiger partial charge in [0.1, 0.15) is 5.60 Å². The normalized spacial score (nSPS) is 20.5. The van der Waals surface area contributed by atoms with Gasteiger partial charge >= 0.3 is 11.9 Å². The van der Waals surface area contributed by atoms with Crippen LogP contribution in [0.1, 0.15) is 27.2 Å². The summed E-state index contributed by atoms with van der Waals surface area (Å²) in [7, 11) is 1.34. The second kappa shape index (κ2) is 4.04. The van der Waals surface area contributed by atoms with E-state index in [-0.39, 0.29) is 17.9 Å². The van der Waals surface area contributed by atoms with E-state index >= 15 is 0 Å². The minimum atomic E-state index is -0.553. The van der Waals surface area contributed by atoms with Crippen molar-refractivity contribution in [1.29, 1.82) is 0 Å². The highest BCUT2D eigenvalue weighted by Crippen LogP contribution is 2.27. The minimum absolute atomic E-state index is 0.312. The maximum atomic E-state index is 11.4. The maximum absolute atomic E-state index is 11.4. The third-order valence-electron chi connectivity index (χ3n) is 2.27. The summed E-state index contributed by atoms with van der Waals surface area (Å²) < 4.78 is 9.68. The van der Waals surface area contributed by atoms with Crippen molar-refractivity contribution in [2.75, 3.05) is 7.11 Å². The van der Waals surface area contributed by atoms with Gasteiger partial charge in [-0.2, -0.15) is 0 Å². The molecular weight excluding hydrogens is 196 g/mol. The molecule has 0 aromatic heterocycles. The van der Waals surface area contributed by atoms with Crippen molar-refractivity contribution < 1.29 is 19.1 Å². The van der Waals surface area contributed by atoms with E-state index in [4.69, 9.17) is 4.74 Å². The average Bonchev–Trinajstić information content (AvgIpc) is 2.38. The molecule has 0 aromatic rings. The van der Waals surface area contributed by atoms with Gasteiger partial charge in [0.05, 0.1) is 13.0 Å². The molecule has 4 heteroatoms. The van der Waals surface area contributed by atoms with Gasteiger partial charge in [-0.25, -0.2) is 4.79 Å². The number of hydrogen-bond acceptors (Lipinski definition) is 4. The van der Waals surface area contributed by atoms with Crippen LogP contribution in [0, 0.1) is 5.92 Å². The number of ether oxygens (including phenoxy) is 2. The van der Waals surface area contributed by atoms with Gasteiger partial charge in [-0.3, -0.25) is 4.79 Å². The van der Waals surface area contributed by atoms with Crippen LogP contribution in [0.2, 0.25) is 0 Å². The fourth-order valence-corrected chi connectivity index (χ4v) is 1.57. The van der Waals surface area contributed by atoms with E-state index in [9.17, 15) is 9.59 Å². The van der Waals surface area contributed by atoms with E-state index in [2.05, 4.69) is 4.74 Å². The molecule has 0 aliphatic carbocycles. The number of rotatable bonds is 3. The highest BCUT2D eigenvalue weighted by atomic mass is 16.6. The number of carbonyl (C=O) groups excluding carboxylic acids is 2. The van der Waals surface area contributed by atoms with Crippen LogP contribution >= 0.6 is 0 Å². The van der Waals surface area contributed by atoms with Crippen LogP contribution in [0.25, 0.3) is 0 Å². The molecular formula is C11H16O4. The van der Waals surface area contributed by atoms with Gasteiger partial charge in [0.15, 0.2) is 0 Å². The molecule has 0 fully saturated rings. The molecule has 0 spiro atoms. The fourth-order valence-electron chi connectivity index (χ4n) is 1.57. The molecule has 1 rings (SSSR count). The summed E-state index contributed by atoms with van der Waals surface area (Å²) in [5.41, 5.74) is 0.000294. The van der Waals surface area contributed by atoms with Crippen molar-refractivity contribution >= 4 is 11.9 Å². The Labute approximate surface area is 89.2 Å². The first kappa shape index (κ1) is 11.8. The van der Waals surface area contributed by atoms with E-state index in [1.807, 2.05) is 0 Å². The fraction of sp³-hybridized carbons (Fsp3) is 0.636. The van der Waals surface area contributed by atoms with E-state index in [1.165, 1.54) is 7.11 Å². The second-order valence-electron chi connectivity index (χ2n) is 4.29. The molecule has 1 unspecified atom stereocenters. The molecule has 1 aliphatic rings. The lowest BCUT2D eigenvalue weighted by Crippen LogP contribution is -2.18. The lowest BCUT2D eigenvalue weighted by atomic mass is 9.99. The first-order chi connectivity index (χ1) is 6.85. The van der Waals surface area contributed by atoms with E-state index in [0.717, 1.165) is 0 Å². The smallest absolute Gasteiger partial charge is 0.334 e. The van der Waals surface area contributed by atoms with Crippen LogP contribution in [-0.4, -0.2) is 24.6 Å². The molecule has 0 N–H and O–H groups in total. The van der Waals surface area contributed by atoms with Gasteiger partial charge in [0.2, 0.25) is 0 Å². The second-order valence-corrected chi connectivity index (χ2v) is 4.29. The van der Waals surface area contributed by atoms with Gasteiger partial charge in [-0.05, 0) is 26.3 Å². The van der Waals surface area contributed by atoms with Crippen molar-refractivity contribution in [1.82, 2.24) is 0 Å². The first-order valence-electron chi connectivity index (χ1n) is 4.88. The number of carbonyl (C=O) groups is 2. The molecule has 1 heterocycles. The zero-order valence-electron chi connectivity index (χ0n) is 9.49. The van der Waals surface area contributed by atoms with E-state index in [0.29, 0.717) is 12.0 Å². The quantitative estimate of drug-likeness (QED) is 0.664. The van der Waals surface area contributed by atoms with Gasteiger partial charge < -0.3 is 9.47 Å². The summed E-state index contributed by atoms with van der Waals surface area (Å²) in [4.78, 5) is 22.6. The largest absolute Gasteiger partial charge is 0.469 e. The monoisotopic (exact) mass is 212 g/mol. The summed E-state index contributed by atoms with van der Waals surface area (Å²) in [6.45, 7) is 5.34. The van der Waals surface area contributed by atoms with Crippen LogP contribution < -0.4 is 0 Å². The molecule has 0 radical (unpaired) electrons. The third-order valence-corrected chi connectivity index (χ3v) is 2.27. The van der Waals surface area contributed by atoms with Crippen molar-refractivity contribution in [3.8, 4) is 0 Å². The summed E-state index contributed by atoms with van der Waals surface area (Å²) in [6.07, 6.45) is 2.13. The summed E-state index contributed by atoms with van der Waals surface area (Å²) in [5, 5.41) is 0. The minimum Gasteiger partial charge on any atom is -0.469 e. The Hall–Kier alpha value is -1.32. The van der Waals surface area contributed by atoms with Crippen LogP contribution in [0.4, 0.5) is 0 Å². The number of esters is 2. The number of cyclic esters (lactones) is 1. The van der Waals surface area contributed by atoms with Crippen LogP contribution in [0.15, 0.2) is 11.6 Å². The van der Waals surface area contributed by atoms with Crippen LogP contribution in [0.5, 0.6) is 0 Å². The Morgan fingerprint density at radius 2 is 2.20 bits per heavy atom. The molecule has 4 nitrogen and oxygen atoms in total. The van der Waals surface area contributed by atoms with Crippen LogP contribution in [-0.2, 0) is 19.1 Å². The molecule has 0 amide bonds. The highest BCUT2D eigenvalue weighted by molar-refractivity contribution is 5.92. The summed E-state index contributed by atoms with van der Waals surface area (Å²) in [6, 6.07) is 0. The van der Waals surface area contributed by atoms with Gasteiger partial charge in [0, 0.05) is 5.57 Å². The zero-order valence-corrected chi connectivity index (χ0v) is 9.49. The maximum Gasteiger partial charge on any atom is 0.334 e. The highest BCUT2D eigenvalue weighted by Gasteiger charge is 2.33. The van der Waals surface area contributed by atoms with Crippen molar-refractivity contribution in [3.63, 3.8) is 0 Å². The topological polar surface area (TPSA) is 52.6 Å². The lowest BCUT2D eigenvalue weighted by molar-refractivity contribution is -0.145. The Bertz CT molecular complexity index is 315. The molecule has 0 bridgehead atoms. The standard InChI is InChI=1S/C11H16O4/c1-7(9(12)14-4)5-8-6-11(2,3)15-10(8)13/h6-7H,5H2,1-4H3. The Morgan fingerprint density at radius 1 is 1.60 bits per heavy atom. The molecule has 15 heavy (non-hydrogen) atoms. The Balaban J connectivity index is 2.67. The molecule has 0 saturated heterocycles. The molecule has 84 valence electrons. The first-order valence-corrected chi connectivity index (χ1v) is 4.88. The van der Waals surface area contributed by atoms with Crippen molar-refractivity contribution in [2.24, 2.45) is 5.92 Å². The van der Waals surface area contributed by atoms with E-state index in [1.54, 1.807) is 26.8 Å². The predicted octanol–water partition coefficient (Wildman–Crippen LogP) is 1.45.